The number of hydrogen-bond donors (Lipinski definition) is 1. The van der Waals surface area contributed by atoms with Crippen LogP contribution in [-0.2, 0) is 19.4 Å². The zero-order chi connectivity index (χ0) is 11.3. The highest BCUT2D eigenvalue weighted by atomic mass is 15.3. The number of aryl methyl sites for hydroxylation is 2. The van der Waals surface area contributed by atoms with Gasteiger partial charge in [0, 0.05) is 6.54 Å². The van der Waals surface area contributed by atoms with Crippen molar-refractivity contribution < 1.29 is 0 Å². The number of anilines is 1. The molecule has 0 unspecified atom stereocenters. The highest BCUT2D eigenvalue weighted by molar-refractivity contribution is 5.48. The van der Waals surface area contributed by atoms with Gasteiger partial charge in [0.1, 0.15) is 0 Å². The third kappa shape index (κ3) is 2.61. The van der Waals surface area contributed by atoms with Crippen molar-refractivity contribution in [3.05, 3.63) is 24.0 Å². The molecule has 3 nitrogen and oxygen atoms in total. The predicted octanol–water partition coefficient (Wildman–Crippen LogP) is 2.56. The lowest BCUT2D eigenvalue weighted by molar-refractivity contribution is 0.556. The highest BCUT2D eigenvalue weighted by Crippen LogP contribution is 2.18. The molecule has 0 saturated heterocycles. The van der Waals surface area contributed by atoms with Gasteiger partial charge in [0.15, 0.2) is 0 Å². The second-order valence-electron chi connectivity index (χ2n) is 3.67. The van der Waals surface area contributed by atoms with Crippen LogP contribution in [0.2, 0.25) is 0 Å². The number of unbranched alkanes of at least 4 members (excludes halogenated alkanes) is 1. The first-order valence-electron chi connectivity index (χ1n) is 5.69. The van der Waals surface area contributed by atoms with Crippen LogP contribution < -0.4 is 5.73 Å². The zero-order valence-electron chi connectivity index (χ0n) is 9.79. The first-order valence-corrected chi connectivity index (χ1v) is 5.69. The Hall–Kier alpha value is -1.25. The quantitative estimate of drug-likeness (QED) is 0.575. The molecule has 0 radical (unpaired) electrons. The monoisotopic (exact) mass is 207 g/mol. The van der Waals surface area contributed by atoms with Crippen LogP contribution in [0.4, 0.5) is 5.69 Å². The molecule has 0 aliphatic rings. The van der Waals surface area contributed by atoms with Crippen LogP contribution in [-0.4, -0.2) is 9.78 Å². The number of nitrogens with zero attached hydrogens (tertiary/aromatic N) is 2. The largest absolute Gasteiger partial charge is 0.396 e. The van der Waals surface area contributed by atoms with Gasteiger partial charge < -0.3 is 5.73 Å². The van der Waals surface area contributed by atoms with Crippen LogP contribution >= 0.6 is 0 Å². The van der Waals surface area contributed by atoms with Gasteiger partial charge in [-0.25, -0.2) is 0 Å². The molecular weight excluding hydrogens is 186 g/mol. The van der Waals surface area contributed by atoms with Crippen molar-refractivity contribution in [3.8, 4) is 0 Å². The molecule has 0 spiro atoms. The molecule has 84 valence electrons. The maximum Gasteiger partial charge on any atom is 0.0854 e. The molecule has 1 aromatic rings. The minimum absolute atomic E-state index is 0.888. The van der Waals surface area contributed by atoms with Crippen LogP contribution in [0.25, 0.3) is 0 Å². The molecule has 2 N–H and O–H groups in total. The summed E-state index contributed by atoms with van der Waals surface area (Å²) in [6.45, 7) is 8.87. The summed E-state index contributed by atoms with van der Waals surface area (Å²) >= 11 is 0. The van der Waals surface area contributed by atoms with E-state index < -0.39 is 0 Å². The van der Waals surface area contributed by atoms with Crippen molar-refractivity contribution in [3.63, 3.8) is 0 Å². The lowest BCUT2D eigenvalue weighted by atomic mass is 10.2. The Balaban J connectivity index is 2.81. The SMILES string of the molecule is C=CCCCn1nc(CC)c(N)c1CC. The Morgan fingerprint density at radius 1 is 1.40 bits per heavy atom. The van der Waals surface area contributed by atoms with Crippen LogP contribution in [0.1, 0.15) is 38.1 Å². The van der Waals surface area contributed by atoms with Crippen molar-refractivity contribution in [1.29, 1.82) is 0 Å². The molecule has 15 heavy (non-hydrogen) atoms. The summed E-state index contributed by atoms with van der Waals surface area (Å²) in [6.07, 6.45) is 5.92. The summed E-state index contributed by atoms with van der Waals surface area (Å²) < 4.78 is 2.05. The van der Waals surface area contributed by atoms with E-state index in [1.165, 1.54) is 5.69 Å². The maximum absolute atomic E-state index is 6.03. The van der Waals surface area contributed by atoms with Crippen LogP contribution in [0.5, 0.6) is 0 Å². The topological polar surface area (TPSA) is 43.8 Å². The van der Waals surface area contributed by atoms with Crippen molar-refractivity contribution in [2.45, 2.75) is 46.1 Å². The summed E-state index contributed by atoms with van der Waals surface area (Å²) in [6, 6.07) is 0. The van der Waals surface area contributed by atoms with Crippen molar-refractivity contribution >= 4 is 5.69 Å². The molecule has 0 aromatic carbocycles. The fourth-order valence-corrected chi connectivity index (χ4v) is 1.77. The Morgan fingerprint density at radius 2 is 2.13 bits per heavy atom. The van der Waals surface area contributed by atoms with Crippen LogP contribution in [0.3, 0.4) is 0 Å². The van der Waals surface area contributed by atoms with Crippen LogP contribution in [0, 0.1) is 0 Å². The van der Waals surface area contributed by atoms with Crippen molar-refractivity contribution in [2.75, 3.05) is 5.73 Å². The molecule has 0 atom stereocenters. The van der Waals surface area contributed by atoms with Gasteiger partial charge in [-0.1, -0.05) is 19.9 Å². The van der Waals surface area contributed by atoms with E-state index in [0.717, 1.165) is 43.6 Å². The molecule has 0 amide bonds. The number of nitrogen functional groups attached to an aromatic ring is 1. The summed E-state index contributed by atoms with van der Waals surface area (Å²) in [7, 11) is 0. The summed E-state index contributed by atoms with van der Waals surface area (Å²) in [5.74, 6) is 0. The molecule has 1 heterocycles. The van der Waals surface area contributed by atoms with Crippen molar-refractivity contribution in [2.24, 2.45) is 0 Å². The van der Waals surface area contributed by atoms with E-state index in [1.807, 2.05) is 6.08 Å². The zero-order valence-corrected chi connectivity index (χ0v) is 9.79. The fourth-order valence-electron chi connectivity index (χ4n) is 1.77. The Morgan fingerprint density at radius 3 is 2.67 bits per heavy atom. The lowest BCUT2D eigenvalue weighted by Gasteiger charge is -2.04. The third-order valence-corrected chi connectivity index (χ3v) is 2.62. The molecule has 1 aromatic heterocycles. The predicted molar refractivity (Wildman–Crippen MR) is 64.8 cm³/mol. The first-order chi connectivity index (χ1) is 7.24. The fraction of sp³-hybridized carbons (Fsp3) is 0.583. The van der Waals surface area contributed by atoms with Gasteiger partial charge in [0.2, 0.25) is 0 Å². The number of rotatable bonds is 6. The third-order valence-electron chi connectivity index (χ3n) is 2.62. The van der Waals surface area contributed by atoms with E-state index in [2.05, 4.69) is 30.2 Å². The molecule has 0 aliphatic carbocycles. The van der Waals surface area contributed by atoms with E-state index >= 15 is 0 Å². The van der Waals surface area contributed by atoms with Crippen LogP contribution in [0.15, 0.2) is 12.7 Å². The summed E-state index contributed by atoms with van der Waals surface area (Å²) in [5, 5.41) is 4.53. The molecule has 3 heteroatoms. The molecule has 0 fully saturated rings. The minimum atomic E-state index is 0.888. The van der Waals surface area contributed by atoms with Gasteiger partial charge in [-0.2, -0.15) is 5.10 Å². The van der Waals surface area contributed by atoms with Gasteiger partial charge in [0.05, 0.1) is 17.1 Å². The average molecular weight is 207 g/mol. The molecule has 1 rings (SSSR count). The van der Waals surface area contributed by atoms with Gasteiger partial charge in [0.25, 0.3) is 0 Å². The van der Waals surface area contributed by atoms with E-state index in [-0.39, 0.29) is 0 Å². The van der Waals surface area contributed by atoms with Crippen molar-refractivity contribution in [1.82, 2.24) is 9.78 Å². The Bertz CT molecular complexity index is 326. The van der Waals surface area contributed by atoms with E-state index in [1.54, 1.807) is 0 Å². The Labute approximate surface area is 92.0 Å². The minimum Gasteiger partial charge on any atom is -0.396 e. The summed E-state index contributed by atoms with van der Waals surface area (Å²) in [5.41, 5.74) is 9.12. The molecule has 0 bridgehead atoms. The average Bonchev–Trinajstić information content (AvgIpc) is 2.55. The molecule has 0 aliphatic heterocycles. The molecule has 0 saturated carbocycles. The standard InChI is InChI=1S/C12H21N3/c1-4-7-8-9-15-11(6-3)12(13)10(5-2)14-15/h4H,1,5-9,13H2,2-3H3. The molecular formula is C12H21N3. The second-order valence-corrected chi connectivity index (χ2v) is 3.67. The van der Waals surface area contributed by atoms with Gasteiger partial charge in [-0.05, 0) is 25.7 Å². The highest BCUT2D eigenvalue weighted by Gasteiger charge is 2.11. The maximum atomic E-state index is 6.03. The number of hydrogen-bond acceptors (Lipinski definition) is 2. The summed E-state index contributed by atoms with van der Waals surface area (Å²) in [4.78, 5) is 0. The van der Waals surface area contributed by atoms with E-state index in [9.17, 15) is 0 Å². The second kappa shape index (κ2) is 5.59. The van der Waals surface area contributed by atoms with E-state index in [4.69, 9.17) is 5.73 Å². The van der Waals surface area contributed by atoms with E-state index in [0.29, 0.717) is 0 Å². The normalized spacial score (nSPS) is 10.5. The smallest absolute Gasteiger partial charge is 0.0854 e. The first kappa shape index (κ1) is 11.8. The van der Waals surface area contributed by atoms with Gasteiger partial charge >= 0.3 is 0 Å². The van der Waals surface area contributed by atoms with Gasteiger partial charge in [-0.3, -0.25) is 4.68 Å². The Kier molecular flexibility index (Phi) is 4.40. The number of aromatic nitrogens is 2. The van der Waals surface area contributed by atoms with Gasteiger partial charge in [-0.15, -0.1) is 6.58 Å². The lowest BCUT2D eigenvalue weighted by Crippen LogP contribution is -2.05. The number of nitrogens with two attached hydrogens (primary N) is 1. The number of allylic oxidation sites excluding steroid dienone is 1.